The van der Waals surface area contributed by atoms with Crippen molar-refractivity contribution in [2.75, 3.05) is 0 Å². The first-order chi connectivity index (χ1) is 12.4. The average molecular weight is 354 g/mol. The van der Waals surface area contributed by atoms with E-state index in [-0.39, 0.29) is 29.8 Å². The normalized spacial score (nSPS) is 10.7. The standard InChI is InChI=1S/C19H15FN2O4/c20-16-9-13(10-22-12-15(19(25)26)6-7-18(22)24)4-5-14(16)11-21-8-2-1-3-17(21)23/h1-9,12H,10-11H2,(H,25,26). The maximum atomic E-state index is 14.4. The number of benzene rings is 1. The summed E-state index contributed by atoms with van der Waals surface area (Å²) in [6.07, 6.45) is 2.80. The number of aromatic carboxylic acids is 1. The number of hydrogen-bond acceptors (Lipinski definition) is 3. The maximum absolute atomic E-state index is 14.4. The molecule has 1 aromatic carbocycles. The molecular formula is C19H15FN2O4. The fraction of sp³-hybridized carbons (Fsp3) is 0.105. The highest BCUT2D eigenvalue weighted by molar-refractivity contribution is 5.87. The lowest BCUT2D eigenvalue weighted by molar-refractivity contribution is 0.0696. The van der Waals surface area contributed by atoms with E-state index in [4.69, 9.17) is 5.11 Å². The summed E-state index contributed by atoms with van der Waals surface area (Å²) in [5.74, 6) is -1.64. The van der Waals surface area contributed by atoms with E-state index in [1.165, 1.54) is 33.5 Å². The first kappa shape index (κ1) is 17.3. The molecule has 0 atom stereocenters. The number of carboxylic acids is 1. The van der Waals surface area contributed by atoms with Crippen LogP contribution in [-0.4, -0.2) is 20.2 Å². The van der Waals surface area contributed by atoms with E-state index >= 15 is 0 Å². The molecule has 0 fully saturated rings. The molecule has 0 aliphatic carbocycles. The highest BCUT2D eigenvalue weighted by atomic mass is 19.1. The predicted octanol–water partition coefficient (Wildman–Crippen LogP) is 1.94. The summed E-state index contributed by atoms with van der Waals surface area (Å²) >= 11 is 0. The quantitative estimate of drug-likeness (QED) is 0.759. The zero-order valence-electron chi connectivity index (χ0n) is 13.6. The molecule has 1 N–H and O–H groups in total. The van der Waals surface area contributed by atoms with Crippen molar-refractivity contribution in [3.05, 3.63) is 104 Å². The van der Waals surface area contributed by atoms with Crippen molar-refractivity contribution in [1.82, 2.24) is 9.13 Å². The highest BCUT2D eigenvalue weighted by Gasteiger charge is 2.09. The van der Waals surface area contributed by atoms with Crippen LogP contribution in [0.5, 0.6) is 0 Å². The van der Waals surface area contributed by atoms with Crippen LogP contribution < -0.4 is 11.1 Å². The van der Waals surface area contributed by atoms with Crippen LogP contribution in [-0.2, 0) is 13.1 Å². The second-order valence-corrected chi connectivity index (χ2v) is 5.78. The highest BCUT2D eigenvalue weighted by Crippen LogP contribution is 2.13. The van der Waals surface area contributed by atoms with Crippen molar-refractivity contribution in [2.45, 2.75) is 13.1 Å². The number of aromatic nitrogens is 2. The second kappa shape index (κ2) is 7.18. The molecule has 0 unspecified atom stereocenters. The molecule has 0 aliphatic rings. The van der Waals surface area contributed by atoms with Crippen LogP contribution in [0, 0.1) is 5.82 Å². The van der Waals surface area contributed by atoms with E-state index in [9.17, 15) is 18.8 Å². The molecule has 132 valence electrons. The summed E-state index contributed by atoms with van der Waals surface area (Å²) in [5.41, 5.74) is 0.221. The van der Waals surface area contributed by atoms with Gasteiger partial charge in [0.25, 0.3) is 11.1 Å². The van der Waals surface area contributed by atoms with Gasteiger partial charge in [0.05, 0.1) is 18.7 Å². The second-order valence-electron chi connectivity index (χ2n) is 5.78. The molecule has 0 amide bonds. The maximum Gasteiger partial charge on any atom is 0.337 e. The molecule has 0 spiro atoms. The van der Waals surface area contributed by atoms with Gasteiger partial charge in [-0.1, -0.05) is 18.2 Å². The third-order valence-corrected chi connectivity index (χ3v) is 3.94. The zero-order chi connectivity index (χ0) is 18.7. The van der Waals surface area contributed by atoms with Gasteiger partial charge in [0.15, 0.2) is 0 Å². The van der Waals surface area contributed by atoms with E-state index in [0.717, 1.165) is 6.07 Å². The topological polar surface area (TPSA) is 81.3 Å². The Morgan fingerprint density at radius 2 is 1.73 bits per heavy atom. The van der Waals surface area contributed by atoms with Crippen LogP contribution in [0.3, 0.4) is 0 Å². The fourth-order valence-electron chi connectivity index (χ4n) is 2.57. The molecule has 0 aliphatic heterocycles. The molecule has 0 radical (unpaired) electrons. The van der Waals surface area contributed by atoms with Gasteiger partial charge in [-0.15, -0.1) is 0 Å². The minimum atomic E-state index is -1.14. The van der Waals surface area contributed by atoms with E-state index in [0.29, 0.717) is 11.1 Å². The Morgan fingerprint density at radius 1 is 0.962 bits per heavy atom. The predicted molar refractivity (Wildman–Crippen MR) is 93.0 cm³/mol. The van der Waals surface area contributed by atoms with Crippen LogP contribution in [0.4, 0.5) is 4.39 Å². The molecular weight excluding hydrogens is 339 g/mol. The van der Waals surface area contributed by atoms with E-state index in [2.05, 4.69) is 0 Å². The number of hydrogen-bond donors (Lipinski definition) is 1. The lowest BCUT2D eigenvalue weighted by atomic mass is 10.1. The molecule has 0 saturated carbocycles. The van der Waals surface area contributed by atoms with Crippen LogP contribution in [0.1, 0.15) is 21.5 Å². The molecule has 2 aromatic heterocycles. The van der Waals surface area contributed by atoms with Gasteiger partial charge in [-0.3, -0.25) is 9.59 Å². The zero-order valence-corrected chi connectivity index (χ0v) is 13.6. The molecule has 26 heavy (non-hydrogen) atoms. The van der Waals surface area contributed by atoms with Gasteiger partial charge in [-0.05, 0) is 23.8 Å². The Balaban J connectivity index is 1.85. The van der Waals surface area contributed by atoms with Crippen molar-refractivity contribution >= 4 is 5.97 Å². The summed E-state index contributed by atoms with van der Waals surface area (Å²) in [6, 6.07) is 11.6. The van der Waals surface area contributed by atoms with Gasteiger partial charge < -0.3 is 14.2 Å². The van der Waals surface area contributed by atoms with Gasteiger partial charge in [-0.2, -0.15) is 0 Å². The van der Waals surface area contributed by atoms with E-state index in [1.807, 2.05) is 0 Å². The van der Waals surface area contributed by atoms with Gasteiger partial charge in [0.1, 0.15) is 5.82 Å². The first-order valence-electron chi connectivity index (χ1n) is 7.80. The molecule has 3 aromatic rings. The molecule has 0 bridgehead atoms. The molecule has 6 nitrogen and oxygen atoms in total. The summed E-state index contributed by atoms with van der Waals surface area (Å²) in [4.78, 5) is 34.6. The number of carboxylic acid groups (broad SMARTS) is 1. The smallest absolute Gasteiger partial charge is 0.337 e. The van der Waals surface area contributed by atoms with Crippen LogP contribution in [0.15, 0.2) is 70.5 Å². The van der Waals surface area contributed by atoms with Gasteiger partial charge in [-0.25, -0.2) is 9.18 Å². The third kappa shape index (κ3) is 3.77. The molecule has 3 rings (SSSR count). The number of rotatable bonds is 5. The van der Waals surface area contributed by atoms with E-state index in [1.54, 1.807) is 30.5 Å². The Kier molecular flexibility index (Phi) is 4.79. The molecule has 7 heteroatoms. The van der Waals surface area contributed by atoms with Crippen LogP contribution in [0.2, 0.25) is 0 Å². The van der Waals surface area contributed by atoms with Crippen molar-refractivity contribution in [2.24, 2.45) is 0 Å². The van der Waals surface area contributed by atoms with Gasteiger partial charge in [0, 0.05) is 30.1 Å². The first-order valence-corrected chi connectivity index (χ1v) is 7.80. The van der Waals surface area contributed by atoms with Gasteiger partial charge in [0.2, 0.25) is 0 Å². The summed E-state index contributed by atoms with van der Waals surface area (Å²) in [5, 5.41) is 9.01. The summed E-state index contributed by atoms with van der Waals surface area (Å²) in [7, 11) is 0. The molecule has 0 saturated heterocycles. The monoisotopic (exact) mass is 354 g/mol. The van der Waals surface area contributed by atoms with E-state index < -0.39 is 11.8 Å². The number of pyridine rings is 2. The Labute approximate surface area is 147 Å². The lowest BCUT2D eigenvalue weighted by Gasteiger charge is -2.10. The Hall–Kier alpha value is -3.48. The SMILES string of the molecule is O=C(O)c1ccc(=O)n(Cc2ccc(Cn3ccccc3=O)c(F)c2)c1. The van der Waals surface area contributed by atoms with Crippen molar-refractivity contribution in [3.8, 4) is 0 Å². The largest absolute Gasteiger partial charge is 0.478 e. The fourth-order valence-corrected chi connectivity index (χ4v) is 2.57. The van der Waals surface area contributed by atoms with Gasteiger partial charge >= 0.3 is 5.97 Å². The van der Waals surface area contributed by atoms with Crippen LogP contribution >= 0.6 is 0 Å². The Bertz CT molecular complexity index is 1090. The third-order valence-electron chi connectivity index (χ3n) is 3.94. The van der Waals surface area contributed by atoms with Crippen LogP contribution in [0.25, 0.3) is 0 Å². The number of halogens is 1. The number of carbonyl (C=O) groups is 1. The van der Waals surface area contributed by atoms with Crippen molar-refractivity contribution < 1.29 is 14.3 Å². The van der Waals surface area contributed by atoms with Crippen molar-refractivity contribution in [3.63, 3.8) is 0 Å². The average Bonchev–Trinajstić information content (AvgIpc) is 2.61. The minimum Gasteiger partial charge on any atom is -0.478 e. The summed E-state index contributed by atoms with van der Waals surface area (Å²) < 4.78 is 17.0. The lowest BCUT2D eigenvalue weighted by Crippen LogP contribution is -2.21. The Morgan fingerprint density at radius 3 is 2.42 bits per heavy atom. The minimum absolute atomic E-state index is 0.0230. The number of nitrogens with zero attached hydrogens (tertiary/aromatic N) is 2. The van der Waals surface area contributed by atoms with Crippen molar-refractivity contribution in [1.29, 1.82) is 0 Å². The molecule has 2 heterocycles. The summed E-state index contributed by atoms with van der Waals surface area (Å²) in [6.45, 7) is 0.142.